The second kappa shape index (κ2) is 7.79. The number of halogens is 2. The number of hydrogen-bond donors (Lipinski definition) is 1. The van der Waals surface area contributed by atoms with Gasteiger partial charge in [-0.2, -0.15) is 0 Å². The zero-order valence-corrected chi connectivity index (χ0v) is 16.8. The highest BCUT2D eigenvalue weighted by Gasteiger charge is 2.41. The van der Waals surface area contributed by atoms with E-state index in [-0.39, 0.29) is 42.9 Å². The summed E-state index contributed by atoms with van der Waals surface area (Å²) in [4.78, 5) is 27.3. The summed E-state index contributed by atoms with van der Waals surface area (Å²) in [5.74, 6) is -2.60. The molecule has 2 heterocycles. The monoisotopic (exact) mass is 397 g/mol. The summed E-state index contributed by atoms with van der Waals surface area (Å²) in [7, 11) is 0. The molecule has 1 aliphatic carbocycles. The van der Waals surface area contributed by atoms with E-state index in [1.165, 1.54) is 0 Å². The molecule has 0 bridgehead atoms. The number of nitrogens with one attached hydrogen (secondary N) is 1. The van der Waals surface area contributed by atoms with Crippen molar-refractivity contribution < 1.29 is 22.9 Å². The SMILES string of the molecule is CC(C)(C)c1cc(NC(=O)[C@H]2CCCCN2C(=O)C2CCC(F)(F)CC2)no1. The van der Waals surface area contributed by atoms with Gasteiger partial charge in [-0.25, -0.2) is 8.78 Å². The Morgan fingerprint density at radius 3 is 2.50 bits per heavy atom. The first kappa shape index (κ1) is 20.7. The van der Waals surface area contributed by atoms with Crippen LogP contribution in [0.15, 0.2) is 10.6 Å². The molecule has 8 heteroatoms. The highest BCUT2D eigenvalue weighted by atomic mass is 19.3. The number of nitrogens with zero attached hydrogens (tertiary/aromatic N) is 2. The van der Waals surface area contributed by atoms with Crippen LogP contribution < -0.4 is 5.32 Å². The smallest absolute Gasteiger partial charge is 0.248 e. The maximum absolute atomic E-state index is 13.4. The molecule has 6 nitrogen and oxygen atoms in total. The first-order chi connectivity index (χ1) is 13.1. The lowest BCUT2D eigenvalue weighted by Gasteiger charge is -2.38. The Hall–Kier alpha value is -1.99. The Morgan fingerprint density at radius 2 is 1.89 bits per heavy atom. The molecule has 1 N–H and O–H groups in total. The van der Waals surface area contributed by atoms with Gasteiger partial charge in [0.25, 0.3) is 0 Å². The minimum atomic E-state index is -2.67. The molecule has 28 heavy (non-hydrogen) atoms. The van der Waals surface area contributed by atoms with E-state index in [1.807, 2.05) is 20.8 Å². The maximum atomic E-state index is 13.4. The summed E-state index contributed by atoms with van der Waals surface area (Å²) >= 11 is 0. The van der Waals surface area contributed by atoms with Gasteiger partial charge in [-0.05, 0) is 32.1 Å². The summed E-state index contributed by atoms with van der Waals surface area (Å²) in [5.41, 5.74) is -0.230. The van der Waals surface area contributed by atoms with Gasteiger partial charge in [0, 0.05) is 36.8 Å². The lowest BCUT2D eigenvalue weighted by atomic mass is 9.85. The second-order valence-corrected chi connectivity index (χ2v) is 8.99. The molecule has 2 amide bonds. The maximum Gasteiger partial charge on any atom is 0.248 e. The minimum absolute atomic E-state index is 0.175. The van der Waals surface area contributed by atoms with Crippen LogP contribution in [0, 0.1) is 5.92 Å². The molecule has 1 saturated heterocycles. The molecule has 0 aromatic carbocycles. The number of amides is 2. The quantitative estimate of drug-likeness (QED) is 0.833. The zero-order valence-electron chi connectivity index (χ0n) is 16.8. The molecule has 0 spiro atoms. The summed E-state index contributed by atoms with van der Waals surface area (Å²) in [6.45, 7) is 6.42. The Kier molecular flexibility index (Phi) is 5.77. The molecule has 1 saturated carbocycles. The van der Waals surface area contributed by atoms with Crippen LogP contribution in [0.5, 0.6) is 0 Å². The third-order valence-electron chi connectivity index (χ3n) is 5.66. The van der Waals surface area contributed by atoms with Crippen molar-refractivity contribution >= 4 is 17.6 Å². The van der Waals surface area contributed by atoms with Gasteiger partial charge in [-0.15, -0.1) is 0 Å². The molecule has 2 aliphatic rings. The predicted octanol–water partition coefficient (Wildman–Crippen LogP) is 4.12. The highest BCUT2D eigenvalue weighted by Crippen LogP contribution is 2.37. The standard InChI is InChI=1S/C20H29F2N3O3/c1-19(2,3)15-12-16(24-28-15)23-17(26)14-6-4-5-11-25(14)18(27)13-7-9-20(21,22)10-8-13/h12-14H,4-11H2,1-3H3,(H,23,24,26)/t14-/m1/s1. The number of aromatic nitrogens is 1. The van der Waals surface area contributed by atoms with Gasteiger partial charge in [0.1, 0.15) is 11.8 Å². The molecular formula is C20H29F2N3O3. The lowest BCUT2D eigenvalue weighted by Crippen LogP contribution is -2.52. The Morgan fingerprint density at radius 1 is 1.21 bits per heavy atom. The second-order valence-electron chi connectivity index (χ2n) is 8.99. The molecule has 3 rings (SSSR count). The zero-order chi connectivity index (χ0) is 20.5. The summed E-state index contributed by atoms with van der Waals surface area (Å²) in [6.07, 6.45) is 2.05. The van der Waals surface area contributed by atoms with Gasteiger partial charge >= 0.3 is 0 Å². The highest BCUT2D eigenvalue weighted by molar-refractivity contribution is 5.97. The van der Waals surface area contributed by atoms with Crippen LogP contribution in [0.25, 0.3) is 0 Å². The Balaban J connectivity index is 1.66. The van der Waals surface area contributed by atoms with Crippen molar-refractivity contribution in [2.75, 3.05) is 11.9 Å². The fraction of sp³-hybridized carbons (Fsp3) is 0.750. The minimum Gasteiger partial charge on any atom is -0.359 e. The van der Waals surface area contributed by atoms with Gasteiger partial charge < -0.3 is 14.7 Å². The first-order valence-electron chi connectivity index (χ1n) is 10.0. The van der Waals surface area contributed by atoms with Crippen molar-refractivity contribution in [3.8, 4) is 0 Å². The molecule has 1 aromatic rings. The fourth-order valence-corrected chi connectivity index (χ4v) is 3.89. The molecule has 1 atom stereocenters. The molecule has 1 aromatic heterocycles. The molecule has 0 radical (unpaired) electrons. The lowest BCUT2D eigenvalue weighted by molar-refractivity contribution is -0.147. The van der Waals surface area contributed by atoms with Gasteiger partial charge in [-0.1, -0.05) is 25.9 Å². The van der Waals surface area contributed by atoms with E-state index < -0.39 is 17.9 Å². The Labute approximate surface area is 164 Å². The van der Waals surface area contributed by atoms with Crippen molar-refractivity contribution in [1.82, 2.24) is 10.1 Å². The Bertz CT molecular complexity index is 717. The van der Waals surface area contributed by atoms with E-state index in [2.05, 4.69) is 10.5 Å². The number of anilines is 1. The molecule has 156 valence electrons. The van der Waals surface area contributed by atoms with Crippen molar-refractivity contribution in [3.63, 3.8) is 0 Å². The molecule has 2 fully saturated rings. The van der Waals surface area contributed by atoms with E-state index in [4.69, 9.17) is 4.52 Å². The van der Waals surface area contributed by atoms with Crippen LogP contribution >= 0.6 is 0 Å². The van der Waals surface area contributed by atoms with E-state index in [0.29, 0.717) is 24.5 Å². The van der Waals surface area contributed by atoms with Gasteiger partial charge in [0.15, 0.2) is 5.82 Å². The van der Waals surface area contributed by atoms with Crippen LogP contribution in [0.4, 0.5) is 14.6 Å². The van der Waals surface area contributed by atoms with Crippen LogP contribution in [0.2, 0.25) is 0 Å². The van der Waals surface area contributed by atoms with Crippen LogP contribution in [-0.4, -0.2) is 40.4 Å². The predicted molar refractivity (Wildman–Crippen MR) is 100 cm³/mol. The average Bonchev–Trinajstić information content (AvgIpc) is 3.10. The molecular weight excluding hydrogens is 368 g/mol. The largest absolute Gasteiger partial charge is 0.359 e. The number of carbonyl (C=O) groups excluding carboxylic acids is 2. The number of piperidine rings is 1. The van der Waals surface area contributed by atoms with Crippen LogP contribution in [-0.2, 0) is 15.0 Å². The third-order valence-corrected chi connectivity index (χ3v) is 5.66. The fourth-order valence-electron chi connectivity index (χ4n) is 3.89. The normalized spacial score (nSPS) is 23.5. The first-order valence-corrected chi connectivity index (χ1v) is 10.0. The van der Waals surface area contributed by atoms with Gasteiger partial charge in [-0.3, -0.25) is 9.59 Å². The van der Waals surface area contributed by atoms with Crippen LogP contribution in [0.1, 0.15) is 71.5 Å². The van der Waals surface area contributed by atoms with Crippen molar-refractivity contribution in [2.24, 2.45) is 5.92 Å². The third kappa shape index (κ3) is 4.70. The van der Waals surface area contributed by atoms with Gasteiger partial charge in [0.05, 0.1) is 0 Å². The van der Waals surface area contributed by atoms with Crippen molar-refractivity contribution in [3.05, 3.63) is 11.8 Å². The molecule has 1 aliphatic heterocycles. The summed E-state index contributed by atoms with van der Waals surface area (Å²) in [6, 6.07) is 1.09. The summed E-state index contributed by atoms with van der Waals surface area (Å²) < 4.78 is 32.1. The summed E-state index contributed by atoms with van der Waals surface area (Å²) in [5, 5.41) is 6.65. The molecule has 0 unspecified atom stereocenters. The number of hydrogen-bond acceptors (Lipinski definition) is 4. The van der Waals surface area contributed by atoms with Gasteiger partial charge in [0.2, 0.25) is 17.7 Å². The van der Waals surface area contributed by atoms with E-state index >= 15 is 0 Å². The van der Waals surface area contributed by atoms with E-state index in [0.717, 1.165) is 12.8 Å². The van der Waals surface area contributed by atoms with Crippen molar-refractivity contribution in [2.45, 2.75) is 83.1 Å². The van der Waals surface area contributed by atoms with E-state index in [1.54, 1.807) is 11.0 Å². The number of likely N-dealkylation sites (tertiary alicyclic amines) is 1. The topological polar surface area (TPSA) is 75.4 Å². The number of carbonyl (C=O) groups is 2. The van der Waals surface area contributed by atoms with Crippen molar-refractivity contribution in [1.29, 1.82) is 0 Å². The van der Waals surface area contributed by atoms with Crippen LogP contribution in [0.3, 0.4) is 0 Å². The number of rotatable bonds is 3. The number of alkyl halides is 2. The average molecular weight is 397 g/mol. The van der Waals surface area contributed by atoms with E-state index in [9.17, 15) is 18.4 Å².